The fourth-order valence-electron chi connectivity index (χ4n) is 2.75. The van der Waals surface area contributed by atoms with Gasteiger partial charge in [-0.15, -0.1) is 0 Å². The molecule has 2 aliphatic heterocycles. The molecule has 2 aromatic carbocycles. The number of carbonyl (C=O) groups excluding carboxylic acids is 2. The van der Waals surface area contributed by atoms with Crippen LogP contribution in [-0.4, -0.2) is 24.6 Å². The first-order valence-electron chi connectivity index (χ1n) is 7.47. The second kappa shape index (κ2) is 5.72. The van der Waals surface area contributed by atoms with Crippen LogP contribution in [0.1, 0.15) is 0 Å². The van der Waals surface area contributed by atoms with Crippen LogP contribution in [0.15, 0.2) is 65.4 Å². The third-order valence-electron chi connectivity index (χ3n) is 3.93. The number of carbonyl (C=O) groups is 2. The lowest BCUT2D eigenvalue weighted by Gasteiger charge is -2.29. The molecule has 2 aliphatic rings. The molecular formula is C18H14N2O3S. The number of rotatable bonds is 1. The molecule has 1 saturated heterocycles. The molecule has 0 spiro atoms. The van der Waals surface area contributed by atoms with Crippen LogP contribution < -0.4 is 14.5 Å². The molecule has 120 valence electrons. The van der Waals surface area contributed by atoms with Gasteiger partial charge in [0.2, 0.25) is 11.7 Å². The molecule has 0 saturated carbocycles. The van der Waals surface area contributed by atoms with Crippen molar-refractivity contribution in [1.82, 2.24) is 0 Å². The van der Waals surface area contributed by atoms with Crippen molar-refractivity contribution >= 4 is 35.0 Å². The number of hydrogen-bond donors (Lipinski definition) is 0. The lowest BCUT2D eigenvalue weighted by molar-refractivity contribution is -0.117. The SMILES string of the molecule is CN1C(=O)/C(=C2/SCC(=O)N2c2ccccc2)Oc2ccccc21. The molecule has 2 aromatic rings. The van der Waals surface area contributed by atoms with Crippen LogP contribution >= 0.6 is 11.8 Å². The molecule has 1 fully saturated rings. The Labute approximate surface area is 143 Å². The Bertz CT molecular complexity index is 864. The smallest absolute Gasteiger partial charge is 0.296 e. The van der Waals surface area contributed by atoms with Crippen LogP contribution in [0.4, 0.5) is 11.4 Å². The van der Waals surface area contributed by atoms with E-state index in [1.54, 1.807) is 16.8 Å². The normalized spacial score (nSPS) is 20.2. The summed E-state index contributed by atoms with van der Waals surface area (Å²) in [5.74, 6) is 0.764. The Morgan fingerprint density at radius 2 is 1.71 bits per heavy atom. The number of para-hydroxylation sites is 3. The number of fused-ring (bicyclic) bond motifs is 1. The average molecular weight is 338 g/mol. The molecule has 24 heavy (non-hydrogen) atoms. The van der Waals surface area contributed by atoms with Gasteiger partial charge in [0.15, 0.2) is 5.75 Å². The Morgan fingerprint density at radius 3 is 2.50 bits per heavy atom. The lowest BCUT2D eigenvalue weighted by Crippen LogP contribution is -2.36. The second-order valence-corrected chi connectivity index (χ2v) is 6.39. The predicted octanol–water partition coefficient (Wildman–Crippen LogP) is 2.99. The van der Waals surface area contributed by atoms with E-state index in [0.29, 0.717) is 16.5 Å². The summed E-state index contributed by atoms with van der Waals surface area (Å²) in [6, 6.07) is 16.6. The third-order valence-corrected chi connectivity index (χ3v) is 4.96. The van der Waals surface area contributed by atoms with Crippen LogP contribution in [-0.2, 0) is 9.59 Å². The van der Waals surface area contributed by atoms with E-state index < -0.39 is 0 Å². The van der Waals surface area contributed by atoms with Gasteiger partial charge in [0.25, 0.3) is 5.91 Å². The topological polar surface area (TPSA) is 49.9 Å². The van der Waals surface area contributed by atoms with E-state index in [9.17, 15) is 9.59 Å². The van der Waals surface area contributed by atoms with Crippen molar-refractivity contribution in [2.24, 2.45) is 0 Å². The van der Waals surface area contributed by atoms with Crippen LogP contribution in [0.2, 0.25) is 0 Å². The van der Waals surface area contributed by atoms with Crippen molar-refractivity contribution in [1.29, 1.82) is 0 Å². The molecule has 4 rings (SSSR count). The Kier molecular flexibility index (Phi) is 3.54. The largest absolute Gasteiger partial charge is 0.447 e. The monoisotopic (exact) mass is 338 g/mol. The molecule has 0 unspecified atom stereocenters. The molecule has 0 aromatic heterocycles. The summed E-state index contributed by atoms with van der Waals surface area (Å²) in [7, 11) is 1.71. The van der Waals surface area contributed by atoms with Gasteiger partial charge in [0.1, 0.15) is 5.03 Å². The number of hydrogen-bond acceptors (Lipinski definition) is 4. The van der Waals surface area contributed by atoms with Crippen LogP contribution in [0.25, 0.3) is 0 Å². The summed E-state index contributed by atoms with van der Waals surface area (Å²) in [5, 5.41) is 0.539. The van der Waals surface area contributed by atoms with Gasteiger partial charge in [0, 0.05) is 12.7 Å². The number of amides is 2. The van der Waals surface area contributed by atoms with Crippen molar-refractivity contribution in [2.75, 3.05) is 22.6 Å². The van der Waals surface area contributed by atoms with Gasteiger partial charge in [-0.1, -0.05) is 42.1 Å². The Hall–Kier alpha value is -2.73. The van der Waals surface area contributed by atoms with Gasteiger partial charge >= 0.3 is 0 Å². The van der Waals surface area contributed by atoms with Crippen molar-refractivity contribution in [2.45, 2.75) is 0 Å². The molecule has 2 amide bonds. The van der Waals surface area contributed by atoms with E-state index >= 15 is 0 Å². The molecule has 0 atom stereocenters. The average Bonchev–Trinajstić information content (AvgIpc) is 3.00. The highest BCUT2D eigenvalue weighted by Crippen LogP contribution is 2.41. The summed E-state index contributed by atoms with van der Waals surface area (Å²) in [6.45, 7) is 0. The molecule has 5 nitrogen and oxygen atoms in total. The van der Waals surface area contributed by atoms with E-state index in [-0.39, 0.29) is 23.3 Å². The zero-order valence-electron chi connectivity index (χ0n) is 12.9. The lowest BCUT2D eigenvalue weighted by atomic mass is 10.2. The minimum atomic E-state index is -0.258. The quantitative estimate of drug-likeness (QED) is 0.750. The minimum absolute atomic E-state index is 0.0633. The maximum Gasteiger partial charge on any atom is 0.296 e. The van der Waals surface area contributed by atoms with Gasteiger partial charge in [-0.3, -0.25) is 14.5 Å². The van der Waals surface area contributed by atoms with Crippen LogP contribution in [0.5, 0.6) is 5.75 Å². The zero-order chi connectivity index (χ0) is 16.7. The number of ether oxygens (including phenoxy) is 1. The number of anilines is 2. The second-order valence-electron chi connectivity index (χ2n) is 5.42. The van der Waals surface area contributed by atoms with Gasteiger partial charge in [-0.25, -0.2) is 0 Å². The number of nitrogens with zero attached hydrogens (tertiary/aromatic N) is 2. The van der Waals surface area contributed by atoms with Crippen LogP contribution in [0, 0.1) is 0 Å². The van der Waals surface area contributed by atoms with Crippen molar-refractivity contribution in [3.8, 4) is 5.75 Å². The van der Waals surface area contributed by atoms with E-state index in [4.69, 9.17) is 4.74 Å². The first-order valence-corrected chi connectivity index (χ1v) is 8.45. The fourth-order valence-corrected chi connectivity index (χ4v) is 3.73. The van der Waals surface area contributed by atoms with E-state index in [1.807, 2.05) is 54.6 Å². The van der Waals surface area contributed by atoms with Gasteiger partial charge < -0.3 is 9.64 Å². The molecule has 0 radical (unpaired) electrons. The molecule has 0 N–H and O–H groups in total. The summed E-state index contributed by atoms with van der Waals surface area (Å²) in [5.41, 5.74) is 1.44. The fraction of sp³-hybridized carbons (Fsp3) is 0.111. The summed E-state index contributed by atoms with van der Waals surface area (Å²) in [4.78, 5) is 28.2. The predicted molar refractivity (Wildman–Crippen MR) is 93.9 cm³/mol. The first-order chi connectivity index (χ1) is 11.7. The minimum Gasteiger partial charge on any atom is -0.447 e. The highest BCUT2D eigenvalue weighted by atomic mass is 32.2. The summed E-state index contributed by atoms with van der Waals surface area (Å²) < 4.78 is 5.87. The zero-order valence-corrected chi connectivity index (χ0v) is 13.7. The van der Waals surface area contributed by atoms with Crippen molar-refractivity contribution in [3.05, 3.63) is 65.4 Å². The first kappa shape index (κ1) is 14.8. The highest BCUT2D eigenvalue weighted by Gasteiger charge is 2.38. The number of benzene rings is 2. The number of likely N-dealkylation sites (N-methyl/N-ethyl adjacent to an activating group) is 1. The molecule has 6 heteroatoms. The van der Waals surface area contributed by atoms with E-state index in [2.05, 4.69) is 0 Å². The van der Waals surface area contributed by atoms with Crippen molar-refractivity contribution < 1.29 is 14.3 Å². The van der Waals surface area contributed by atoms with E-state index in [0.717, 1.165) is 5.69 Å². The van der Waals surface area contributed by atoms with Gasteiger partial charge in [0.05, 0.1) is 11.4 Å². The Morgan fingerprint density at radius 1 is 1.00 bits per heavy atom. The summed E-state index contributed by atoms with van der Waals surface area (Å²) in [6.07, 6.45) is 0. The number of thioether (sulfide) groups is 1. The van der Waals surface area contributed by atoms with E-state index in [1.165, 1.54) is 11.8 Å². The molecule has 2 heterocycles. The van der Waals surface area contributed by atoms with Gasteiger partial charge in [-0.2, -0.15) is 0 Å². The maximum atomic E-state index is 12.8. The van der Waals surface area contributed by atoms with Crippen molar-refractivity contribution in [3.63, 3.8) is 0 Å². The maximum absolute atomic E-state index is 12.8. The molecule has 0 aliphatic carbocycles. The third kappa shape index (κ3) is 2.27. The molecular weight excluding hydrogens is 324 g/mol. The molecule has 0 bridgehead atoms. The Balaban J connectivity index is 1.84. The summed E-state index contributed by atoms with van der Waals surface area (Å²) >= 11 is 1.32. The van der Waals surface area contributed by atoms with Crippen LogP contribution in [0.3, 0.4) is 0 Å². The van der Waals surface area contributed by atoms with Gasteiger partial charge in [-0.05, 0) is 24.3 Å². The standard InChI is InChI=1S/C18H14N2O3S/c1-19-13-9-5-6-10-14(13)23-16(17(19)22)18-20(15(21)11-24-18)12-7-3-2-4-8-12/h2-10H,11H2,1H3/b18-16-. The highest BCUT2D eigenvalue weighted by molar-refractivity contribution is 8.04.